The zero-order valence-electron chi connectivity index (χ0n) is 13.1. The number of nitrogens with one attached hydrogen (secondary N) is 1. The number of pyridine rings is 1. The van der Waals surface area contributed by atoms with Crippen LogP contribution in [-0.2, 0) is 6.54 Å². The molecule has 0 atom stereocenters. The third-order valence-electron chi connectivity index (χ3n) is 3.27. The molecule has 0 bridgehead atoms. The molecule has 1 aromatic heterocycles. The SMILES string of the molecule is Cc1cc(C)cc(NC(N)=NCc2cnc(C)cc2C)c1. The number of hydrogen-bond donors (Lipinski definition) is 2. The van der Waals surface area contributed by atoms with E-state index in [-0.39, 0.29) is 0 Å². The van der Waals surface area contributed by atoms with Crippen LogP contribution >= 0.6 is 0 Å². The van der Waals surface area contributed by atoms with Gasteiger partial charge in [0.1, 0.15) is 0 Å². The minimum Gasteiger partial charge on any atom is -0.370 e. The molecule has 4 nitrogen and oxygen atoms in total. The Labute approximate surface area is 126 Å². The number of nitrogens with zero attached hydrogens (tertiary/aromatic N) is 2. The van der Waals surface area contributed by atoms with Crippen LogP contribution < -0.4 is 11.1 Å². The predicted octanol–water partition coefficient (Wildman–Crippen LogP) is 3.24. The Kier molecular flexibility index (Phi) is 4.58. The van der Waals surface area contributed by atoms with Crippen LogP contribution in [-0.4, -0.2) is 10.9 Å². The highest BCUT2D eigenvalue weighted by atomic mass is 15.1. The summed E-state index contributed by atoms with van der Waals surface area (Å²) < 4.78 is 0. The number of benzene rings is 1. The lowest BCUT2D eigenvalue weighted by Crippen LogP contribution is -2.22. The number of aliphatic imine (C=N–C) groups is 1. The van der Waals surface area contributed by atoms with Gasteiger partial charge < -0.3 is 11.1 Å². The molecule has 21 heavy (non-hydrogen) atoms. The largest absolute Gasteiger partial charge is 0.370 e. The van der Waals surface area contributed by atoms with Crippen LogP contribution in [0.1, 0.15) is 27.9 Å². The highest BCUT2D eigenvalue weighted by Crippen LogP contribution is 2.14. The van der Waals surface area contributed by atoms with Crippen LogP contribution in [0.3, 0.4) is 0 Å². The van der Waals surface area contributed by atoms with Crippen LogP contribution in [0.25, 0.3) is 0 Å². The predicted molar refractivity (Wildman–Crippen MR) is 88.6 cm³/mol. The van der Waals surface area contributed by atoms with Gasteiger partial charge in [-0.3, -0.25) is 4.98 Å². The molecule has 0 saturated heterocycles. The second-order valence-electron chi connectivity index (χ2n) is 5.46. The van der Waals surface area contributed by atoms with E-state index in [0.29, 0.717) is 12.5 Å². The van der Waals surface area contributed by atoms with Gasteiger partial charge in [-0.15, -0.1) is 0 Å². The Morgan fingerprint density at radius 3 is 2.38 bits per heavy atom. The number of aryl methyl sites for hydroxylation is 4. The second-order valence-corrected chi connectivity index (χ2v) is 5.46. The van der Waals surface area contributed by atoms with E-state index in [0.717, 1.165) is 16.9 Å². The molecule has 3 N–H and O–H groups in total. The van der Waals surface area contributed by atoms with E-state index in [1.165, 1.54) is 16.7 Å². The van der Waals surface area contributed by atoms with Gasteiger partial charge in [0.15, 0.2) is 5.96 Å². The molecule has 2 rings (SSSR count). The number of guanidine groups is 1. The smallest absolute Gasteiger partial charge is 0.193 e. The summed E-state index contributed by atoms with van der Waals surface area (Å²) in [5.74, 6) is 0.417. The quantitative estimate of drug-likeness (QED) is 0.671. The first kappa shape index (κ1) is 15.0. The van der Waals surface area contributed by atoms with Gasteiger partial charge in [0, 0.05) is 17.6 Å². The van der Waals surface area contributed by atoms with Gasteiger partial charge in [0.2, 0.25) is 0 Å². The summed E-state index contributed by atoms with van der Waals surface area (Å²) in [5.41, 5.74) is 12.6. The fraction of sp³-hybridized carbons (Fsp3) is 0.294. The average Bonchev–Trinajstić information content (AvgIpc) is 2.36. The molecule has 0 saturated carbocycles. The van der Waals surface area contributed by atoms with Crippen molar-refractivity contribution < 1.29 is 0 Å². The van der Waals surface area contributed by atoms with Crippen molar-refractivity contribution in [3.05, 3.63) is 58.4 Å². The topological polar surface area (TPSA) is 63.3 Å². The number of anilines is 1. The zero-order valence-corrected chi connectivity index (χ0v) is 13.1. The van der Waals surface area contributed by atoms with Crippen LogP contribution in [0.15, 0.2) is 35.5 Å². The zero-order chi connectivity index (χ0) is 15.4. The van der Waals surface area contributed by atoms with Crippen molar-refractivity contribution in [2.75, 3.05) is 5.32 Å². The van der Waals surface area contributed by atoms with E-state index < -0.39 is 0 Å². The molecule has 1 aromatic carbocycles. The molecule has 0 spiro atoms. The highest BCUT2D eigenvalue weighted by molar-refractivity contribution is 5.92. The van der Waals surface area contributed by atoms with Crippen molar-refractivity contribution in [2.24, 2.45) is 10.7 Å². The Morgan fingerprint density at radius 2 is 1.76 bits per heavy atom. The Balaban J connectivity index is 2.07. The average molecular weight is 282 g/mol. The van der Waals surface area contributed by atoms with E-state index in [1.807, 2.05) is 25.3 Å². The van der Waals surface area contributed by atoms with E-state index in [4.69, 9.17) is 5.73 Å². The fourth-order valence-corrected chi connectivity index (χ4v) is 2.29. The molecule has 0 aliphatic rings. The first-order valence-electron chi connectivity index (χ1n) is 7.01. The van der Waals surface area contributed by atoms with E-state index in [1.54, 1.807) is 0 Å². The van der Waals surface area contributed by atoms with Crippen LogP contribution in [0.4, 0.5) is 5.69 Å². The lowest BCUT2D eigenvalue weighted by molar-refractivity contribution is 1.00. The first-order chi connectivity index (χ1) is 9.94. The van der Waals surface area contributed by atoms with Gasteiger partial charge in [0.05, 0.1) is 6.54 Å². The lowest BCUT2D eigenvalue weighted by atomic mass is 10.1. The number of aromatic nitrogens is 1. The molecule has 1 heterocycles. The van der Waals surface area contributed by atoms with Crippen molar-refractivity contribution >= 4 is 11.6 Å². The summed E-state index contributed by atoms with van der Waals surface area (Å²) in [6.45, 7) is 8.70. The van der Waals surface area contributed by atoms with Crippen molar-refractivity contribution in [3.8, 4) is 0 Å². The van der Waals surface area contributed by atoms with Gasteiger partial charge in [0.25, 0.3) is 0 Å². The first-order valence-corrected chi connectivity index (χ1v) is 7.01. The van der Waals surface area contributed by atoms with Crippen LogP contribution in [0.5, 0.6) is 0 Å². The summed E-state index contributed by atoms with van der Waals surface area (Å²) in [7, 11) is 0. The summed E-state index contributed by atoms with van der Waals surface area (Å²) in [4.78, 5) is 8.68. The van der Waals surface area contributed by atoms with Crippen molar-refractivity contribution in [3.63, 3.8) is 0 Å². The summed E-state index contributed by atoms with van der Waals surface area (Å²) in [5, 5.41) is 3.13. The van der Waals surface area contributed by atoms with Gasteiger partial charge in [-0.1, -0.05) is 6.07 Å². The van der Waals surface area contributed by atoms with Crippen molar-refractivity contribution in [2.45, 2.75) is 34.2 Å². The van der Waals surface area contributed by atoms with Crippen LogP contribution in [0, 0.1) is 27.7 Å². The maximum Gasteiger partial charge on any atom is 0.193 e. The van der Waals surface area contributed by atoms with E-state index in [9.17, 15) is 0 Å². The lowest BCUT2D eigenvalue weighted by Gasteiger charge is -2.08. The minimum absolute atomic E-state index is 0.417. The number of hydrogen-bond acceptors (Lipinski definition) is 2. The molecule has 0 amide bonds. The number of rotatable bonds is 3. The standard InChI is InChI=1S/C17H22N4/c1-11-5-12(2)7-16(6-11)21-17(18)20-10-15-9-19-14(4)8-13(15)3/h5-9H,10H2,1-4H3,(H3,18,20,21). The van der Waals surface area contributed by atoms with Gasteiger partial charge in [-0.2, -0.15) is 0 Å². The maximum absolute atomic E-state index is 5.95. The fourth-order valence-electron chi connectivity index (χ4n) is 2.29. The summed E-state index contributed by atoms with van der Waals surface area (Å²) in [6.07, 6.45) is 1.86. The molecule has 0 fully saturated rings. The highest BCUT2D eigenvalue weighted by Gasteiger charge is 2.01. The molecule has 4 heteroatoms. The molecule has 0 aliphatic carbocycles. The normalized spacial score (nSPS) is 11.5. The van der Waals surface area contributed by atoms with Gasteiger partial charge in [-0.25, -0.2) is 4.99 Å². The molecular weight excluding hydrogens is 260 g/mol. The Hall–Kier alpha value is -2.36. The van der Waals surface area contributed by atoms with Gasteiger partial charge >= 0.3 is 0 Å². The Bertz CT molecular complexity index is 654. The number of nitrogens with two attached hydrogens (primary N) is 1. The molecule has 2 aromatic rings. The summed E-state index contributed by atoms with van der Waals surface area (Å²) >= 11 is 0. The van der Waals surface area contributed by atoms with Crippen molar-refractivity contribution in [1.29, 1.82) is 0 Å². The maximum atomic E-state index is 5.95. The molecular formula is C17H22N4. The van der Waals surface area contributed by atoms with Gasteiger partial charge in [-0.05, 0) is 68.1 Å². The van der Waals surface area contributed by atoms with Crippen molar-refractivity contribution in [1.82, 2.24) is 4.98 Å². The molecule has 0 unspecified atom stereocenters. The second kappa shape index (κ2) is 6.39. The minimum atomic E-state index is 0.417. The van der Waals surface area contributed by atoms with E-state index >= 15 is 0 Å². The monoisotopic (exact) mass is 282 g/mol. The van der Waals surface area contributed by atoms with Crippen LogP contribution in [0.2, 0.25) is 0 Å². The molecule has 0 radical (unpaired) electrons. The third kappa shape index (κ3) is 4.31. The molecule has 0 aliphatic heterocycles. The summed E-state index contributed by atoms with van der Waals surface area (Å²) in [6, 6.07) is 8.28. The molecule has 110 valence electrons. The Morgan fingerprint density at radius 1 is 1.10 bits per heavy atom. The van der Waals surface area contributed by atoms with E-state index in [2.05, 4.69) is 48.2 Å². The third-order valence-corrected chi connectivity index (χ3v) is 3.27.